The minimum Gasteiger partial charge on any atom is -0.481 e. The highest BCUT2D eigenvalue weighted by molar-refractivity contribution is 6.01. The van der Waals surface area contributed by atoms with Gasteiger partial charge < -0.3 is 133 Å². The molecule has 113 heavy (non-hydrogen) atoms. The third-order valence-corrected chi connectivity index (χ3v) is 17.7. The Balaban J connectivity index is 1.99. The van der Waals surface area contributed by atoms with Crippen molar-refractivity contribution in [2.24, 2.45) is 39.6 Å². The molecule has 14 amide bonds. The highest BCUT2D eigenvalue weighted by atomic mass is 16.4. The van der Waals surface area contributed by atoms with Crippen LogP contribution >= 0.6 is 0 Å². The van der Waals surface area contributed by atoms with Crippen LogP contribution in [0.15, 0.2) is 35.5 Å². The van der Waals surface area contributed by atoms with E-state index in [-0.39, 0.29) is 58.0 Å². The minimum atomic E-state index is -2.11. The van der Waals surface area contributed by atoms with Crippen LogP contribution in [-0.2, 0) is 92.7 Å². The van der Waals surface area contributed by atoms with Gasteiger partial charge >= 0.3 is 23.9 Å². The van der Waals surface area contributed by atoms with E-state index in [0.29, 0.717) is 16.5 Å². The molecule has 0 saturated carbocycles. The Morgan fingerprint density at radius 2 is 0.965 bits per heavy atom. The Bertz CT molecular complexity index is 3820. The van der Waals surface area contributed by atoms with Gasteiger partial charge in [0.25, 0.3) is 0 Å². The van der Waals surface area contributed by atoms with Gasteiger partial charge in [-0.2, -0.15) is 0 Å². The number of benzene rings is 1. The molecular weight excluding hydrogens is 1490 g/mol. The van der Waals surface area contributed by atoms with E-state index in [4.69, 9.17) is 40.2 Å². The summed E-state index contributed by atoms with van der Waals surface area (Å²) in [6, 6.07) is -16.3. The van der Waals surface area contributed by atoms with Gasteiger partial charge in [-0.15, -0.1) is 12.3 Å². The summed E-state index contributed by atoms with van der Waals surface area (Å²) in [7, 11) is 0. The second kappa shape index (κ2) is 47.2. The van der Waals surface area contributed by atoms with Gasteiger partial charge in [0.2, 0.25) is 82.7 Å². The Labute approximate surface area is 646 Å². The third-order valence-electron chi connectivity index (χ3n) is 17.7. The van der Waals surface area contributed by atoms with Crippen molar-refractivity contribution < 1.29 is 122 Å². The number of nitrogens with zero attached hydrogens (tertiary/aromatic N) is 2. The van der Waals surface area contributed by atoms with Gasteiger partial charge in [-0.05, 0) is 95.6 Å². The van der Waals surface area contributed by atoms with Gasteiger partial charge in [0, 0.05) is 68.7 Å². The molecule has 44 nitrogen and oxygen atoms in total. The zero-order valence-electron chi connectivity index (χ0n) is 62.6. The second-order valence-electron chi connectivity index (χ2n) is 27.1. The van der Waals surface area contributed by atoms with Crippen molar-refractivity contribution in [1.82, 2.24) is 68.4 Å². The number of fused-ring (bicyclic) bond motifs is 1. The van der Waals surface area contributed by atoms with Crippen molar-refractivity contribution in [3.05, 3.63) is 36.0 Å². The molecule has 1 aliphatic rings. The lowest BCUT2D eigenvalue weighted by Gasteiger charge is -2.32. The standard InChI is InChI=1S/C69H103N19O25/c1-6-7-8-15-39(56(72)101)77-64(109)46(31-89)84-60(105)42(20-24-51(97)98)78-62(107)44(28-35-30-76-38-14-10-9-13-36(35)38)82-59(104)41(19-23-50(95)96)79-63(108)45(29-48(71)92)83-58(103)40(16-11-26-75-69(73)74)80-67(112)54(33(4)90)86-65(110)47-17-12-27-88(47)68(113)55(34(5)91)87-61(106)43(21-25-52(99)100)81-66(111)53(32(2)3)85-57(102)37(70)18-22-49(93)94/h1,9-10,13-14,30,32-34,37,39-47,53-55,76,89-91H,7-8,11-12,15-29,31,70H2,2-5H3,(H2,71,92)(H2,72,101)(H,77,109)(H,78,107)(H,79,108)(H,80,112)(H,81,111)(H,82,104)(H,83,103)(H,84,105)(H,85,102)(H,86,110)(H,87,106)(H,93,94)(H,95,96)(H,97,98)(H,99,100)(H4,73,74,75)/t33-,34-,37+,39+,40+,41+,42+,43+,44+,45+,46+,47+,53+,54+,55+/m1/s1. The van der Waals surface area contributed by atoms with Crippen molar-refractivity contribution >= 4 is 123 Å². The number of nitrogens with one attached hydrogen (secondary N) is 12. The number of guanidine groups is 1. The number of aliphatic hydroxyl groups excluding tert-OH is 3. The number of primary amides is 2. The number of terminal acetylenes is 1. The molecule has 0 radical (unpaired) electrons. The molecule has 0 bridgehead atoms. The maximum atomic E-state index is 14.6. The largest absolute Gasteiger partial charge is 0.481 e. The number of rotatable bonds is 51. The monoisotopic (exact) mass is 1600 g/mol. The minimum absolute atomic E-state index is 0.0396. The maximum Gasteiger partial charge on any atom is 0.303 e. The van der Waals surface area contributed by atoms with Crippen molar-refractivity contribution in [3.63, 3.8) is 0 Å². The van der Waals surface area contributed by atoms with Crippen LogP contribution in [0.1, 0.15) is 136 Å². The molecular formula is C69H103N19O25. The van der Waals surface area contributed by atoms with Crippen LogP contribution in [0.5, 0.6) is 0 Å². The summed E-state index contributed by atoms with van der Waals surface area (Å²) in [6.07, 6.45) is -4.04. The lowest BCUT2D eigenvalue weighted by Crippen LogP contribution is -2.63. The summed E-state index contributed by atoms with van der Waals surface area (Å²) in [5.41, 5.74) is 28.7. The van der Waals surface area contributed by atoms with E-state index >= 15 is 0 Å². The molecule has 29 N–H and O–H groups in total. The van der Waals surface area contributed by atoms with Gasteiger partial charge in [0.05, 0.1) is 31.3 Å². The number of aliphatic imine (C=N–C) groups is 1. The van der Waals surface area contributed by atoms with Crippen LogP contribution in [0.4, 0.5) is 0 Å². The highest BCUT2D eigenvalue weighted by Gasteiger charge is 2.43. The van der Waals surface area contributed by atoms with Crippen LogP contribution < -0.4 is 87.2 Å². The number of hydrogen-bond donors (Lipinski definition) is 24. The average molecular weight is 1600 g/mol. The molecule has 1 saturated heterocycles. The molecule has 1 aliphatic heterocycles. The first kappa shape index (κ1) is 95.1. The zero-order chi connectivity index (χ0) is 85.1. The van der Waals surface area contributed by atoms with Crippen LogP contribution in [0.25, 0.3) is 10.9 Å². The predicted octanol–water partition coefficient (Wildman–Crippen LogP) is -8.55. The molecule has 0 aliphatic carbocycles. The Morgan fingerprint density at radius 3 is 1.46 bits per heavy atom. The summed E-state index contributed by atoms with van der Waals surface area (Å²) < 4.78 is 0. The molecule has 624 valence electrons. The average Bonchev–Trinajstić information content (AvgIpc) is 1.46. The molecule has 44 heteroatoms. The Hall–Kier alpha value is -12.1. The fourth-order valence-electron chi connectivity index (χ4n) is 11.6. The number of amides is 14. The third kappa shape index (κ3) is 32.4. The van der Waals surface area contributed by atoms with Crippen molar-refractivity contribution in [2.75, 3.05) is 19.7 Å². The number of carbonyl (C=O) groups is 18. The quantitative estimate of drug-likeness (QED) is 0.0127. The molecule has 3 rings (SSSR count). The van der Waals surface area contributed by atoms with Gasteiger partial charge in [0.15, 0.2) is 5.96 Å². The highest BCUT2D eigenvalue weighted by Crippen LogP contribution is 2.23. The summed E-state index contributed by atoms with van der Waals surface area (Å²) in [5.74, 6) is -21.1. The molecule has 1 aromatic heterocycles. The summed E-state index contributed by atoms with van der Waals surface area (Å²) in [4.78, 5) is 249. The number of carbonyl (C=O) groups excluding carboxylic acids is 14. The molecule has 0 spiro atoms. The number of para-hydroxylation sites is 1. The molecule has 15 atom stereocenters. The smallest absolute Gasteiger partial charge is 0.303 e. The number of aromatic amines is 1. The van der Waals surface area contributed by atoms with Gasteiger partial charge in [0.1, 0.15) is 72.5 Å². The molecule has 0 unspecified atom stereocenters. The Kier molecular flexibility index (Phi) is 39.7. The molecule has 2 aromatic rings. The maximum absolute atomic E-state index is 14.6. The molecule has 2 heterocycles. The summed E-state index contributed by atoms with van der Waals surface area (Å²) in [6.45, 7) is 3.55. The van der Waals surface area contributed by atoms with E-state index in [9.17, 15) is 117 Å². The lowest BCUT2D eigenvalue weighted by molar-refractivity contribution is -0.145. The summed E-state index contributed by atoms with van der Waals surface area (Å²) >= 11 is 0. The zero-order valence-corrected chi connectivity index (χ0v) is 62.6. The number of carboxylic acids is 4. The number of H-pyrrole nitrogens is 1. The van der Waals surface area contributed by atoms with E-state index in [1.165, 1.54) is 20.0 Å². The molecule has 1 fully saturated rings. The predicted molar refractivity (Wildman–Crippen MR) is 394 cm³/mol. The first-order valence-electron chi connectivity index (χ1n) is 36.0. The van der Waals surface area contributed by atoms with E-state index in [1.54, 1.807) is 24.3 Å². The number of nitrogens with two attached hydrogens (primary N) is 5. The fraction of sp³-hybridized carbons (Fsp3) is 0.580. The normalized spacial score (nSPS) is 16.1. The number of likely N-dealkylation sites (tertiary alicyclic amines) is 1. The topological polar surface area (TPSA) is 743 Å². The SMILES string of the molecule is C#CCCC[C@H](NC(=O)[C@H](CO)NC(=O)[C@H](CCC(=O)O)NC(=O)[C@H](Cc1c[nH]c2ccccc12)NC(=O)[C@H](CCC(=O)O)NC(=O)[C@H](CC(N)=O)NC(=O)[C@H](CCCN=C(N)N)NC(=O)[C@@H](NC(=O)[C@@H]1CCCN1C(=O)[C@@H](NC(=O)[C@H](CCC(=O)O)NC(=O)[C@@H](NC(=O)[C@@H](N)CCC(=O)O)C(C)C)[C@@H](C)O)[C@@H](C)O)C(N)=O. The van der Waals surface area contributed by atoms with Crippen LogP contribution in [-0.4, -0.2) is 269 Å². The van der Waals surface area contributed by atoms with E-state index in [0.717, 1.165) is 18.7 Å². The number of aromatic nitrogens is 1. The van der Waals surface area contributed by atoms with Crippen LogP contribution in [0.3, 0.4) is 0 Å². The van der Waals surface area contributed by atoms with E-state index in [2.05, 4.69) is 74.4 Å². The Morgan fingerprint density at radius 1 is 0.531 bits per heavy atom. The van der Waals surface area contributed by atoms with Crippen LogP contribution in [0, 0.1) is 18.3 Å². The van der Waals surface area contributed by atoms with Gasteiger partial charge in [-0.25, -0.2) is 0 Å². The number of aliphatic carboxylic acids is 4. The first-order chi connectivity index (χ1) is 53.1. The number of aliphatic hydroxyl groups is 3. The number of carboxylic acid groups (broad SMARTS) is 4. The second-order valence-corrected chi connectivity index (χ2v) is 27.1. The van der Waals surface area contributed by atoms with Gasteiger partial charge in [-0.3, -0.25) is 91.3 Å². The first-order valence-corrected chi connectivity index (χ1v) is 36.0. The van der Waals surface area contributed by atoms with Gasteiger partial charge in [-0.1, -0.05) is 32.0 Å². The molecule has 1 aromatic carbocycles. The van der Waals surface area contributed by atoms with Crippen molar-refractivity contribution in [2.45, 2.75) is 228 Å². The van der Waals surface area contributed by atoms with E-state index < -0.39 is 280 Å². The van der Waals surface area contributed by atoms with Crippen molar-refractivity contribution in [1.29, 1.82) is 0 Å². The summed E-state index contributed by atoms with van der Waals surface area (Å²) in [5, 5.41) is 96.1. The number of unbranched alkanes of at least 4 members (excludes halogenated alkanes) is 1. The van der Waals surface area contributed by atoms with Crippen molar-refractivity contribution in [3.8, 4) is 12.3 Å². The fourth-order valence-corrected chi connectivity index (χ4v) is 11.6. The van der Waals surface area contributed by atoms with Crippen LogP contribution in [0.2, 0.25) is 0 Å². The number of hydrogen-bond acceptors (Lipinski definition) is 23. The van der Waals surface area contributed by atoms with E-state index in [1.807, 2.05) is 0 Å². The lowest BCUT2D eigenvalue weighted by atomic mass is 10.0.